The number of hydrogen-bond donors (Lipinski definition) is 1. The minimum absolute atomic E-state index is 0.0135. The molecule has 164 valence electrons. The molecule has 0 radical (unpaired) electrons. The smallest absolute Gasteiger partial charge is 0.254 e. The minimum atomic E-state index is -0.241. The van der Waals surface area contributed by atoms with Gasteiger partial charge in [-0.1, -0.05) is 12.1 Å². The van der Waals surface area contributed by atoms with Gasteiger partial charge in [0.1, 0.15) is 11.6 Å². The summed E-state index contributed by atoms with van der Waals surface area (Å²) in [6, 6.07) is 11.1. The molecule has 7 nitrogen and oxygen atoms in total. The van der Waals surface area contributed by atoms with Crippen LogP contribution in [0.25, 0.3) is 11.0 Å². The maximum Gasteiger partial charge on any atom is 0.254 e. The van der Waals surface area contributed by atoms with Gasteiger partial charge in [0.25, 0.3) is 5.56 Å². The molecule has 1 atom stereocenters. The Labute approximate surface area is 181 Å². The van der Waals surface area contributed by atoms with E-state index in [9.17, 15) is 14.7 Å². The van der Waals surface area contributed by atoms with Crippen molar-refractivity contribution in [2.24, 2.45) is 0 Å². The number of aryl methyl sites for hydroxylation is 1. The molecule has 1 amide bonds. The number of para-hydroxylation sites is 2. The van der Waals surface area contributed by atoms with Crippen molar-refractivity contribution in [3.8, 4) is 5.75 Å². The predicted octanol–water partition coefficient (Wildman–Crippen LogP) is 3.94. The van der Waals surface area contributed by atoms with E-state index in [1.54, 1.807) is 17.6 Å². The van der Waals surface area contributed by atoms with Crippen LogP contribution in [0.1, 0.15) is 63.1 Å². The molecule has 7 heteroatoms. The Morgan fingerprint density at radius 3 is 2.77 bits per heavy atom. The lowest BCUT2D eigenvalue weighted by Crippen LogP contribution is -2.32. The Morgan fingerprint density at radius 1 is 1.26 bits per heavy atom. The normalized spacial score (nSPS) is 16.5. The van der Waals surface area contributed by atoms with Crippen LogP contribution in [0, 0.1) is 6.92 Å². The van der Waals surface area contributed by atoms with E-state index in [2.05, 4.69) is 24.5 Å². The topological polar surface area (TPSA) is 80.4 Å². The number of benzene rings is 1. The van der Waals surface area contributed by atoms with Crippen LogP contribution >= 0.6 is 0 Å². The Hall–Kier alpha value is -3.09. The van der Waals surface area contributed by atoms with E-state index in [1.807, 2.05) is 23.1 Å². The summed E-state index contributed by atoms with van der Waals surface area (Å²) in [7, 11) is 0. The molecule has 2 aromatic heterocycles. The first-order chi connectivity index (χ1) is 14.9. The molecular formula is C24H30N4O3. The number of imidazole rings is 1. The average Bonchev–Trinajstić information content (AvgIpc) is 3.33. The van der Waals surface area contributed by atoms with Gasteiger partial charge in [-0.15, -0.1) is 0 Å². The Morgan fingerprint density at radius 2 is 2.03 bits per heavy atom. The van der Waals surface area contributed by atoms with E-state index in [-0.39, 0.29) is 29.3 Å². The summed E-state index contributed by atoms with van der Waals surface area (Å²) in [6.45, 7) is 7.28. The van der Waals surface area contributed by atoms with E-state index in [0.29, 0.717) is 25.1 Å². The third-order valence-electron chi connectivity index (χ3n) is 6.10. The monoisotopic (exact) mass is 422 g/mol. The molecule has 1 aliphatic rings. The minimum Gasteiger partial charge on any atom is -0.508 e. The van der Waals surface area contributed by atoms with Gasteiger partial charge in [0, 0.05) is 37.3 Å². The maximum absolute atomic E-state index is 13.1. The number of aromatic nitrogens is 3. The quantitative estimate of drug-likeness (QED) is 0.653. The largest absolute Gasteiger partial charge is 0.508 e. The number of likely N-dealkylation sites (tertiary alicyclic amines) is 1. The Balaban J connectivity index is 1.50. The van der Waals surface area contributed by atoms with Crippen molar-refractivity contribution in [3.05, 3.63) is 58.3 Å². The second kappa shape index (κ2) is 8.57. The number of fused-ring (bicyclic) bond motifs is 1. The highest BCUT2D eigenvalue weighted by atomic mass is 16.3. The number of nitrogens with zero attached hydrogens (tertiary/aromatic N) is 4. The van der Waals surface area contributed by atoms with Gasteiger partial charge in [-0.2, -0.15) is 0 Å². The van der Waals surface area contributed by atoms with Gasteiger partial charge < -0.3 is 19.1 Å². The molecule has 0 spiro atoms. The lowest BCUT2D eigenvalue weighted by atomic mass is 10.1. The molecule has 3 heterocycles. The van der Waals surface area contributed by atoms with Crippen LogP contribution in [0.15, 0.2) is 41.2 Å². The van der Waals surface area contributed by atoms with Crippen molar-refractivity contribution in [3.63, 3.8) is 0 Å². The zero-order valence-corrected chi connectivity index (χ0v) is 18.4. The van der Waals surface area contributed by atoms with Crippen LogP contribution in [0.5, 0.6) is 5.75 Å². The number of hydrogen-bond acceptors (Lipinski definition) is 4. The lowest BCUT2D eigenvalue weighted by molar-refractivity contribution is -0.132. The van der Waals surface area contributed by atoms with Crippen molar-refractivity contribution < 1.29 is 9.90 Å². The molecule has 1 N–H and O–H groups in total. The lowest BCUT2D eigenvalue weighted by Gasteiger charge is -2.26. The van der Waals surface area contributed by atoms with Crippen molar-refractivity contribution >= 4 is 16.9 Å². The van der Waals surface area contributed by atoms with Gasteiger partial charge in [0.15, 0.2) is 0 Å². The molecule has 4 rings (SSSR count). The molecule has 1 aliphatic heterocycles. The molecule has 1 saturated heterocycles. The molecule has 0 bridgehead atoms. The summed E-state index contributed by atoms with van der Waals surface area (Å²) in [6.07, 6.45) is 2.84. The maximum atomic E-state index is 13.1. The van der Waals surface area contributed by atoms with Crippen LogP contribution < -0.4 is 5.56 Å². The van der Waals surface area contributed by atoms with E-state index in [1.165, 1.54) is 6.07 Å². The van der Waals surface area contributed by atoms with Crippen LogP contribution in [-0.4, -0.2) is 36.6 Å². The first kappa shape index (κ1) is 21.2. The summed E-state index contributed by atoms with van der Waals surface area (Å²) >= 11 is 0. The van der Waals surface area contributed by atoms with E-state index < -0.39 is 0 Å². The van der Waals surface area contributed by atoms with Gasteiger partial charge >= 0.3 is 0 Å². The fourth-order valence-corrected chi connectivity index (χ4v) is 4.70. The Bertz CT molecular complexity index is 1160. The zero-order chi connectivity index (χ0) is 22.1. The average molecular weight is 423 g/mol. The van der Waals surface area contributed by atoms with Gasteiger partial charge in [0.05, 0.1) is 17.1 Å². The summed E-state index contributed by atoms with van der Waals surface area (Å²) < 4.78 is 3.86. The van der Waals surface area contributed by atoms with Crippen LogP contribution in [0.2, 0.25) is 0 Å². The number of amides is 1. The van der Waals surface area contributed by atoms with E-state index >= 15 is 0 Å². The highest BCUT2D eigenvalue weighted by Crippen LogP contribution is 2.35. The van der Waals surface area contributed by atoms with Crippen molar-refractivity contribution in [1.82, 2.24) is 19.0 Å². The molecule has 1 fully saturated rings. The summed E-state index contributed by atoms with van der Waals surface area (Å²) in [4.78, 5) is 32.1. The van der Waals surface area contributed by atoms with Crippen molar-refractivity contribution in [2.45, 2.75) is 65.1 Å². The molecule has 0 saturated carbocycles. The standard InChI is InChI=1S/C24H30N4O3/c1-16(2)28-20-9-5-4-8-19(20)25-24(28)21-10-6-13-27(21)22(30)11-7-12-26-17(3)14-18(29)15-23(26)31/h4-5,8-9,14-16,21,29H,6-7,10-13H2,1-3H3. The Kier molecular flexibility index (Phi) is 5.85. The van der Waals surface area contributed by atoms with Gasteiger partial charge in [-0.05, 0) is 58.2 Å². The molecular weight excluding hydrogens is 392 g/mol. The first-order valence-electron chi connectivity index (χ1n) is 11.0. The van der Waals surface area contributed by atoms with Crippen LogP contribution in [0.3, 0.4) is 0 Å². The fourth-order valence-electron chi connectivity index (χ4n) is 4.70. The summed E-state index contributed by atoms with van der Waals surface area (Å²) in [5.41, 5.74) is 2.53. The van der Waals surface area contributed by atoms with E-state index in [0.717, 1.165) is 36.2 Å². The van der Waals surface area contributed by atoms with Crippen LogP contribution in [0.4, 0.5) is 0 Å². The summed E-state index contributed by atoms with van der Waals surface area (Å²) in [5.74, 6) is 1.05. The van der Waals surface area contributed by atoms with Crippen LogP contribution in [-0.2, 0) is 11.3 Å². The number of aromatic hydroxyl groups is 1. The molecule has 1 aromatic carbocycles. The number of carbonyl (C=O) groups is 1. The zero-order valence-electron chi connectivity index (χ0n) is 18.4. The number of carbonyl (C=O) groups excluding carboxylic acids is 1. The second-order valence-corrected chi connectivity index (χ2v) is 8.62. The highest BCUT2D eigenvalue weighted by Gasteiger charge is 2.33. The number of rotatable bonds is 6. The SMILES string of the molecule is Cc1cc(O)cc(=O)n1CCCC(=O)N1CCCC1c1nc2ccccc2n1C(C)C. The van der Waals surface area contributed by atoms with Gasteiger partial charge in [-0.25, -0.2) is 4.98 Å². The third-order valence-corrected chi connectivity index (χ3v) is 6.10. The third kappa shape index (κ3) is 4.09. The van der Waals surface area contributed by atoms with Gasteiger partial charge in [-0.3, -0.25) is 9.59 Å². The molecule has 31 heavy (non-hydrogen) atoms. The van der Waals surface area contributed by atoms with Crippen molar-refractivity contribution in [2.75, 3.05) is 6.54 Å². The van der Waals surface area contributed by atoms with Gasteiger partial charge in [0.2, 0.25) is 5.91 Å². The highest BCUT2D eigenvalue weighted by molar-refractivity contribution is 5.78. The number of pyridine rings is 1. The van der Waals surface area contributed by atoms with Crippen molar-refractivity contribution in [1.29, 1.82) is 0 Å². The summed E-state index contributed by atoms with van der Waals surface area (Å²) in [5, 5.41) is 9.54. The predicted molar refractivity (Wildman–Crippen MR) is 120 cm³/mol. The second-order valence-electron chi connectivity index (χ2n) is 8.62. The molecule has 3 aromatic rings. The first-order valence-corrected chi connectivity index (χ1v) is 11.0. The van der Waals surface area contributed by atoms with E-state index in [4.69, 9.17) is 4.98 Å². The molecule has 1 unspecified atom stereocenters. The fraction of sp³-hybridized carbons (Fsp3) is 0.458. The molecule has 0 aliphatic carbocycles.